The van der Waals surface area contributed by atoms with Crippen LogP contribution < -0.4 is 5.32 Å². The number of rotatable bonds is 5. The maximum atomic E-state index is 12.0. The molecule has 19 heavy (non-hydrogen) atoms. The molecule has 1 heterocycles. The standard InChI is InChI=1S/C13H16F3N3/c1-9-7-10(2)19-12(11(9)8-17)18-6-4-3-5-13(14,15)16/h7H,3-6H2,1-2H3,(H,18,19). The van der Waals surface area contributed by atoms with Gasteiger partial charge in [0.25, 0.3) is 0 Å². The SMILES string of the molecule is Cc1cc(C)c(C#N)c(NCCCCC(F)(F)F)n1. The Balaban J connectivity index is 2.52. The van der Waals surface area contributed by atoms with E-state index in [1.165, 1.54) is 0 Å². The zero-order valence-corrected chi connectivity index (χ0v) is 10.9. The van der Waals surface area contributed by atoms with Crippen LogP contribution in [0.1, 0.15) is 36.1 Å². The van der Waals surface area contributed by atoms with Crippen molar-refractivity contribution in [3.63, 3.8) is 0 Å². The first-order valence-corrected chi connectivity index (χ1v) is 6.02. The largest absolute Gasteiger partial charge is 0.389 e. The van der Waals surface area contributed by atoms with Gasteiger partial charge in [-0.1, -0.05) is 0 Å². The minimum absolute atomic E-state index is 0.0726. The molecule has 0 aliphatic carbocycles. The lowest BCUT2D eigenvalue weighted by molar-refractivity contribution is -0.135. The summed E-state index contributed by atoms with van der Waals surface area (Å²) in [4.78, 5) is 4.20. The van der Waals surface area contributed by atoms with Crippen LogP contribution in [0.5, 0.6) is 0 Å². The Bertz CT molecular complexity index is 475. The van der Waals surface area contributed by atoms with Crippen LogP contribution in [-0.2, 0) is 0 Å². The molecule has 0 saturated heterocycles. The van der Waals surface area contributed by atoms with Crippen molar-refractivity contribution in [3.05, 3.63) is 22.9 Å². The first kappa shape index (κ1) is 15.3. The summed E-state index contributed by atoms with van der Waals surface area (Å²) in [7, 11) is 0. The van der Waals surface area contributed by atoms with Gasteiger partial charge in [-0.15, -0.1) is 0 Å². The van der Waals surface area contributed by atoms with Crippen molar-refractivity contribution in [3.8, 4) is 6.07 Å². The highest BCUT2D eigenvalue weighted by Gasteiger charge is 2.25. The molecule has 0 aliphatic rings. The number of anilines is 1. The summed E-state index contributed by atoms with van der Waals surface area (Å²) in [6.07, 6.45) is -4.42. The van der Waals surface area contributed by atoms with Gasteiger partial charge in [-0.25, -0.2) is 4.98 Å². The van der Waals surface area contributed by atoms with Crippen LogP contribution in [0.4, 0.5) is 19.0 Å². The number of aromatic nitrogens is 1. The second kappa shape index (κ2) is 6.41. The Morgan fingerprint density at radius 3 is 2.58 bits per heavy atom. The highest BCUT2D eigenvalue weighted by atomic mass is 19.4. The average Bonchev–Trinajstić information content (AvgIpc) is 2.26. The van der Waals surface area contributed by atoms with E-state index in [0.29, 0.717) is 24.3 Å². The molecule has 3 nitrogen and oxygen atoms in total. The number of nitrogens with one attached hydrogen (secondary N) is 1. The van der Waals surface area contributed by atoms with E-state index in [1.807, 2.05) is 13.8 Å². The molecule has 6 heteroatoms. The zero-order chi connectivity index (χ0) is 14.5. The van der Waals surface area contributed by atoms with Gasteiger partial charge in [0.15, 0.2) is 0 Å². The van der Waals surface area contributed by atoms with Crippen LogP contribution in [-0.4, -0.2) is 17.7 Å². The highest BCUT2D eigenvalue weighted by Crippen LogP contribution is 2.22. The fraction of sp³-hybridized carbons (Fsp3) is 0.538. The third kappa shape index (κ3) is 5.16. The Kier molecular flexibility index (Phi) is 5.16. The number of aryl methyl sites for hydroxylation is 2. The summed E-state index contributed by atoms with van der Waals surface area (Å²) < 4.78 is 35.9. The smallest absolute Gasteiger partial charge is 0.369 e. The highest BCUT2D eigenvalue weighted by molar-refractivity contribution is 5.56. The van der Waals surface area contributed by atoms with Crippen LogP contribution in [0, 0.1) is 25.2 Å². The molecule has 1 aromatic heterocycles. The number of halogens is 3. The van der Waals surface area contributed by atoms with Gasteiger partial charge in [-0.05, 0) is 38.3 Å². The predicted molar refractivity (Wildman–Crippen MR) is 66.8 cm³/mol. The molecule has 0 amide bonds. The maximum Gasteiger partial charge on any atom is 0.389 e. The summed E-state index contributed by atoms with van der Waals surface area (Å²) >= 11 is 0. The van der Waals surface area contributed by atoms with E-state index >= 15 is 0 Å². The number of nitriles is 1. The molecule has 0 aliphatic heterocycles. The molecule has 0 aromatic carbocycles. The number of pyridine rings is 1. The van der Waals surface area contributed by atoms with Gasteiger partial charge in [0.1, 0.15) is 11.9 Å². The van der Waals surface area contributed by atoms with Crippen molar-refractivity contribution < 1.29 is 13.2 Å². The van der Waals surface area contributed by atoms with Gasteiger partial charge < -0.3 is 5.32 Å². The molecule has 0 bridgehead atoms. The van der Waals surface area contributed by atoms with Gasteiger partial charge in [-0.2, -0.15) is 18.4 Å². The molecule has 0 unspecified atom stereocenters. The van der Waals surface area contributed by atoms with Gasteiger partial charge in [0.2, 0.25) is 0 Å². The van der Waals surface area contributed by atoms with Crippen molar-refractivity contribution >= 4 is 5.82 Å². The number of hydrogen-bond acceptors (Lipinski definition) is 3. The molecular weight excluding hydrogens is 255 g/mol. The molecule has 0 spiro atoms. The van der Waals surface area contributed by atoms with Gasteiger partial charge >= 0.3 is 6.18 Å². The number of nitrogens with zero attached hydrogens (tertiary/aromatic N) is 2. The molecule has 0 radical (unpaired) electrons. The molecule has 1 aromatic rings. The molecule has 104 valence electrons. The molecule has 1 rings (SSSR count). The average molecular weight is 271 g/mol. The van der Waals surface area contributed by atoms with E-state index in [2.05, 4.69) is 16.4 Å². The lowest BCUT2D eigenvalue weighted by atomic mass is 10.1. The van der Waals surface area contributed by atoms with Gasteiger partial charge in [0.05, 0.1) is 5.56 Å². The van der Waals surface area contributed by atoms with Gasteiger partial charge in [-0.3, -0.25) is 0 Å². The summed E-state index contributed by atoms with van der Waals surface area (Å²) in [5, 5.41) is 12.0. The fourth-order valence-electron chi connectivity index (χ4n) is 1.76. The van der Waals surface area contributed by atoms with Crippen molar-refractivity contribution in [2.75, 3.05) is 11.9 Å². The lowest BCUT2D eigenvalue weighted by Gasteiger charge is -2.10. The van der Waals surface area contributed by atoms with Crippen molar-refractivity contribution in [2.45, 2.75) is 39.3 Å². The Hall–Kier alpha value is -1.77. The van der Waals surface area contributed by atoms with E-state index in [0.717, 1.165) is 11.3 Å². The summed E-state index contributed by atoms with van der Waals surface area (Å²) in [5.74, 6) is 0.451. The second-order valence-electron chi connectivity index (χ2n) is 4.42. The summed E-state index contributed by atoms with van der Waals surface area (Å²) in [6.45, 7) is 3.99. The topological polar surface area (TPSA) is 48.7 Å². The van der Waals surface area contributed by atoms with E-state index in [4.69, 9.17) is 5.26 Å². The van der Waals surface area contributed by atoms with Gasteiger partial charge in [0, 0.05) is 18.7 Å². The quantitative estimate of drug-likeness (QED) is 0.830. The molecular formula is C13H16F3N3. The predicted octanol–water partition coefficient (Wildman–Crippen LogP) is 3.71. The van der Waals surface area contributed by atoms with E-state index in [1.54, 1.807) is 6.07 Å². The molecule has 1 N–H and O–H groups in total. The minimum atomic E-state index is -4.10. The van der Waals surface area contributed by atoms with E-state index < -0.39 is 12.6 Å². The third-order valence-corrected chi connectivity index (χ3v) is 2.64. The second-order valence-corrected chi connectivity index (χ2v) is 4.42. The van der Waals surface area contributed by atoms with Crippen LogP contribution in [0.15, 0.2) is 6.07 Å². The summed E-state index contributed by atoms with van der Waals surface area (Å²) in [5.41, 5.74) is 2.03. The Labute approximate surface area is 110 Å². The Morgan fingerprint density at radius 2 is 2.00 bits per heavy atom. The van der Waals surface area contributed by atoms with Crippen LogP contribution >= 0.6 is 0 Å². The first-order chi connectivity index (χ1) is 8.83. The monoisotopic (exact) mass is 271 g/mol. The molecule has 0 atom stereocenters. The van der Waals surface area contributed by atoms with E-state index in [9.17, 15) is 13.2 Å². The maximum absolute atomic E-state index is 12.0. The fourth-order valence-corrected chi connectivity index (χ4v) is 1.76. The van der Waals surface area contributed by atoms with Crippen LogP contribution in [0.25, 0.3) is 0 Å². The van der Waals surface area contributed by atoms with Crippen LogP contribution in [0.2, 0.25) is 0 Å². The Morgan fingerprint density at radius 1 is 1.32 bits per heavy atom. The van der Waals surface area contributed by atoms with Crippen molar-refractivity contribution in [1.29, 1.82) is 5.26 Å². The minimum Gasteiger partial charge on any atom is -0.369 e. The van der Waals surface area contributed by atoms with E-state index in [-0.39, 0.29) is 6.42 Å². The normalized spacial score (nSPS) is 11.2. The summed E-state index contributed by atoms with van der Waals surface area (Å²) in [6, 6.07) is 3.85. The zero-order valence-electron chi connectivity index (χ0n) is 10.9. The number of alkyl halides is 3. The lowest BCUT2D eigenvalue weighted by Crippen LogP contribution is -2.10. The number of hydrogen-bond donors (Lipinski definition) is 1. The van der Waals surface area contributed by atoms with Crippen molar-refractivity contribution in [2.24, 2.45) is 0 Å². The van der Waals surface area contributed by atoms with Crippen LogP contribution in [0.3, 0.4) is 0 Å². The molecule has 0 fully saturated rings. The van der Waals surface area contributed by atoms with Crippen molar-refractivity contribution in [1.82, 2.24) is 4.98 Å². The third-order valence-electron chi connectivity index (χ3n) is 2.64. The first-order valence-electron chi connectivity index (χ1n) is 6.02. The number of unbranched alkanes of at least 4 members (excludes halogenated alkanes) is 1. The molecule has 0 saturated carbocycles.